The number of methoxy groups -OCH3 is 3. The first-order chi connectivity index (χ1) is 17.5. The molecule has 0 saturated carbocycles. The van der Waals surface area contributed by atoms with E-state index >= 15 is 0 Å². The van der Waals surface area contributed by atoms with Crippen LogP contribution in [0.15, 0.2) is 66.2 Å². The first-order valence-corrected chi connectivity index (χ1v) is 11.1. The summed E-state index contributed by atoms with van der Waals surface area (Å²) in [6.07, 6.45) is 2.04. The zero-order chi connectivity index (χ0) is 25.9. The van der Waals surface area contributed by atoms with E-state index in [0.717, 1.165) is 11.1 Å². The van der Waals surface area contributed by atoms with Gasteiger partial charge in [-0.3, -0.25) is 4.79 Å². The zero-order valence-electron chi connectivity index (χ0n) is 20.3. The molecule has 0 aliphatic heterocycles. The molecule has 0 heterocycles. The number of benzene rings is 3. The third-order valence-electron chi connectivity index (χ3n) is 5.32. The molecule has 186 valence electrons. The lowest BCUT2D eigenvalue weighted by Crippen LogP contribution is -2.26. The van der Waals surface area contributed by atoms with Crippen molar-refractivity contribution in [2.24, 2.45) is 0 Å². The molecule has 0 fully saturated rings. The topological polar surface area (TPSA) is 89.8 Å². The van der Waals surface area contributed by atoms with Gasteiger partial charge in [0.15, 0.2) is 23.0 Å². The second-order valence-electron chi connectivity index (χ2n) is 7.69. The van der Waals surface area contributed by atoms with Crippen molar-refractivity contribution < 1.29 is 28.1 Å². The van der Waals surface area contributed by atoms with Gasteiger partial charge >= 0.3 is 0 Å². The number of ether oxygens (including phenoxy) is 4. The molecule has 0 aromatic heterocycles. The third-order valence-corrected chi connectivity index (χ3v) is 5.32. The van der Waals surface area contributed by atoms with Crippen molar-refractivity contribution in [2.75, 3.05) is 27.9 Å². The number of halogens is 1. The van der Waals surface area contributed by atoms with Crippen LogP contribution in [-0.2, 0) is 17.8 Å². The predicted octanol–water partition coefficient (Wildman–Crippen LogP) is 4.70. The van der Waals surface area contributed by atoms with Gasteiger partial charge in [-0.1, -0.05) is 24.3 Å². The van der Waals surface area contributed by atoms with Gasteiger partial charge in [0.2, 0.25) is 0 Å². The van der Waals surface area contributed by atoms with E-state index in [9.17, 15) is 14.4 Å². The summed E-state index contributed by atoms with van der Waals surface area (Å²) < 4.78 is 34.8. The number of carbonyl (C=O) groups excluding carboxylic acids is 1. The van der Waals surface area contributed by atoms with E-state index in [2.05, 4.69) is 5.32 Å². The Hall–Kier alpha value is -4.51. The van der Waals surface area contributed by atoms with Crippen LogP contribution in [0.1, 0.15) is 16.7 Å². The summed E-state index contributed by atoms with van der Waals surface area (Å²) in [6.45, 7) is 0.574. The normalized spacial score (nSPS) is 10.8. The Morgan fingerprint density at radius 1 is 0.889 bits per heavy atom. The average Bonchev–Trinajstić information content (AvgIpc) is 2.91. The van der Waals surface area contributed by atoms with Crippen LogP contribution in [0.5, 0.6) is 23.0 Å². The number of amides is 1. The second kappa shape index (κ2) is 12.8. The number of hydrogen-bond acceptors (Lipinski definition) is 6. The van der Waals surface area contributed by atoms with Gasteiger partial charge in [0.1, 0.15) is 24.1 Å². The summed E-state index contributed by atoms with van der Waals surface area (Å²) in [5, 5.41) is 12.3. The van der Waals surface area contributed by atoms with Gasteiger partial charge in [-0.2, -0.15) is 5.26 Å². The van der Waals surface area contributed by atoms with Crippen LogP contribution in [0.2, 0.25) is 0 Å². The monoisotopic (exact) mass is 490 g/mol. The van der Waals surface area contributed by atoms with Crippen molar-refractivity contribution in [3.8, 4) is 29.1 Å². The third kappa shape index (κ3) is 7.00. The number of hydrogen-bond donors (Lipinski definition) is 1. The molecule has 3 aromatic rings. The van der Waals surface area contributed by atoms with E-state index in [0.29, 0.717) is 41.5 Å². The molecular weight excluding hydrogens is 463 g/mol. The maximum Gasteiger partial charge on any atom is 0.261 e. The van der Waals surface area contributed by atoms with Crippen LogP contribution in [0.25, 0.3) is 6.08 Å². The maximum absolute atomic E-state index is 13.1. The van der Waals surface area contributed by atoms with Crippen molar-refractivity contribution >= 4 is 12.0 Å². The van der Waals surface area contributed by atoms with E-state index in [-0.39, 0.29) is 18.0 Å². The van der Waals surface area contributed by atoms with E-state index < -0.39 is 5.91 Å². The largest absolute Gasteiger partial charge is 0.493 e. The van der Waals surface area contributed by atoms with Gasteiger partial charge in [-0.15, -0.1) is 0 Å². The van der Waals surface area contributed by atoms with Gasteiger partial charge in [-0.05, 0) is 65.6 Å². The molecule has 3 aromatic carbocycles. The summed E-state index contributed by atoms with van der Waals surface area (Å²) in [7, 11) is 4.63. The highest BCUT2D eigenvalue weighted by Gasteiger charge is 2.12. The minimum absolute atomic E-state index is 0.0376. The molecule has 0 saturated heterocycles. The van der Waals surface area contributed by atoms with E-state index in [1.807, 2.05) is 18.2 Å². The molecule has 8 heteroatoms. The minimum atomic E-state index is -0.478. The fourth-order valence-corrected chi connectivity index (χ4v) is 3.40. The van der Waals surface area contributed by atoms with E-state index in [1.54, 1.807) is 50.6 Å². The predicted molar refractivity (Wildman–Crippen MR) is 134 cm³/mol. The standard InChI is InChI=1S/C28H27FN2O5/c1-33-24-10-6-19(15-26(24)34-2)12-13-31-28(32)22(17-30)14-21-7-11-25(27(16-21)35-3)36-18-20-4-8-23(29)9-5-20/h4-11,14-16H,12-13,18H2,1-3H3,(H,31,32)/b22-14+. The molecular formula is C28H27FN2O5. The molecule has 7 nitrogen and oxygen atoms in total. The lowest BCUT2D eigenvalue weighted by Gasteiger charge is -2.12. The Morgan fingerprint density at radius 2 is 1.53 bits per heavy atom. The van der Waals surface area contributed by atoms with Gasteiger partial charge < -0.3 is 24.3 Å². The van der Waals surface area contributed by atoms with Crippen molar-refractivity contribution in [1.82, 2.24) is 5.32 Å². The maximum atomic E-state index is 13.1. The molecule has 1 amide bonds. The highest BCUT2D eigenvalue weighted by Crippen LogP contribution is 2.30. The fourth-order valence-electron chi connectivity index (χ4n) is 3.40. The van der Waals surface area contributed by atoms with Crippen molar-refractivity contribution in [3.63, 3.8) is 0 Å². The molecule has 0 spiro atoms. The van der Waals surface area contributed by atoms with Crippen LogP contribution in [0.3, 0.4) is 0 Å². The lowest BCUT2D eigenvalue weighted by molar-refractivity contribution is -0.117. The molecule has 0 aliphatic carbocycles. The van der Waals surface area contributed by atoms with Gasteiger partial charge in [0.05, 0.1) is 21.3 Å². The Morgan fingerprint density at radius 3 is 2.19 bits per heavy atom. The smallest absolute Gasteiger partial charge is 0.261 e. The van der Waals surface area contributed by atoms with Crippen LogP contribution in [0.4, 0.5) is 4.39 Å². The average molecular weight is 491 g/mol. The Bertz CT molecular complexity index is 1270. The fraction of sp³-hybridized carbons (Fsp3) is 0.214. The van der Waals surface area contributed by atoms with E-state index in [4.69, 9.17) is 18.9 Å². The van der Waals surface area contributed by atoms with Crippen LogP contribution >= 0.6 is 0 Å². The zero-order valence-corrected chi connectivity index (χ0v) is 20.3. The molecule has 0 radical (unpaired) electrons. The molecule has 0 atom stereocenters. The molecule has 1 N–H and O–H groups in total. The van der Waals surface area contributed by atoms with Crippen LogP contribution in [0, 0.1) is 17.1 Å². The molecule has 36 heavy (non-hydrogen) atoms. The Kier molecular flexibility index (Phi) is 9.29. The number of rotatable bonds is 11. The number of nitrogens with one attached hydrogen (secondary N) is 1. The number of nitrogens with zero attached hydrogens (tertiary/aromatic N) is 1. The van der Waals surface area contributed by atoms with Gasteiger partial charge in [0, 0.05) is 6.54 Å². The molecule has 0 unspecified atom stereocenters. The Labute approximate surface area is 209 Å². The van der Waals surface area contributed by atoms with E-state index in [1.165, 1.54) is 25.3 Å². The summed E-state index contributed by atoms with van der Waals surface area (Å²) in [5.74, 6) is 1.37. The highest BCUT2D eigenvalue weighted by atomic mass is 19.1. The minimum Gasteiger partial charge on any atom is -0.493 e. The lowest BCUT2D eigenvalue weighted by atomic mass is 10.1. The summed E-state index contributed by atoms with van der Waals surface area (Å²) in [5.41, 5.74) is 2.33. The molecule has 0 aliphatic rings. The molecule has 0 bridgehead atoms. The highest BCUT2D eigenvalue weighted by molar-refractivity contribution is 6.01. The Balaban J connectivity index is 1.62. The SMILES string of the molecule is COc1ccc(CCNC(=O)/C(C#N)=C/c2ccc(OCc3ccc(F)cc3)c(OC)c2)cc1OC. The summed E-state index contributed by atoms with van der Waals surface area (Å²) in [6, 6.07) is 18.6. The summed E-state index contributed by atoms with van der Waals surface area (Å²) in [4.78, 5) is 12.6. The second-order valence-corrected chi connectivity index (χ2v) is 7.69. The number of nitriles is 1. The van der Waals surface area contributed by atoms with Crippen LogP contribution in [-0.4, -0.2) is 33.8 Å². The first kappa shape index (κ1) is 26.1. The van der Waals surface area contributed by atoms with Crippen molar-refractivity contribution in [1.29, 1.82) is 5.26 Å². The molecule has 3 rings (SSSR count). The van der Waals surface area contributed by atoms with Gasteiger partial charge in [0.25, 0.3) is 5.91 Å². The quantitative estimate of drug-likeness (QED) is 0.310. The summed E-state index contributed by atoms with van der Waals surface area (Å²) >= 11 is 0. The van der Waals surface area contributed by atoms with Crippen LogP contribution < -0.4 is 24.3 Å². The first-order valence-electron chi connectivity index (χ1n) is 11.1. The van der Waals surface area contributed by atoms with Gasteiger partial charge in [-0.25, -0.2) is 4.39 Å². The van der Waals surface area contributed by atoms with Crippen molar-refractivity contribution in [2.45, 2.75) is 13.0 Å². The van der Waals surface area contributed by atoms with Crippen molar-refractivity contribution in [3.05, 3.63) is 88.7 Å². The number of carbonyl (C=O) groups is 1.